The molecular weight excluding hydrogens is 419 g/mol. The molecule has 0 bridgehead atoms. The van der Waals surface area contributed by atoms with Crippen molar-refractivity contribution >= 4 is 34.6 Å². The van der Waals surface area contributed by atoms with Crippen molar-refractivity contribution in [2.75, 3.05) is 23.8 Å². The molecule has 0 aliphatic heterocycles. The van der Waals surface area contributed by atoms with Crippen molar-refractivity contribution in [1.82, 2.24) is 0 Å². The molecule has 13 heteroatoms. The topological polar surface area (TPSA) is 174 Å². The zero-order chi connectivity index (χ0) is 23.1. The van der Waals surface area contributed by atoms with E-state index in [1.54, 1.807) is 0 Å². The first-order chi connectivity index (χ1) is 14.6. The molecule has 0 saturated carbocycles. The Labute approximate surface area is 173 Å². The Morgan fingerprint density at radius 2 is 1.87 bits per heavy atom. The molecule has 2 aromatic rings. The van der Waals surface area contributed by atoms with Crippen LogP contribution in [0.5, 0.6) is 0 Å². The predicted octanol–water partition coefficient (Wildman–Crippen LogP) is 2.23. The molecule has 0 fully saturated rings. The summed E-state index contributed by atoms with van der Waals surface area (Å²) in [6.07, 6.45) is -1.40. The minimum atomic E-state index is -1.40. The van der Waals surface area contributed by atoms with Gasteiger partial charge in [-0.2, -0.15) is 4.39 Å². The first-order valence-corrected chi connectivity index (χ1v) is 8.73. The highest BCUT2D eigenvalue weighted by Crippen LogP contribution is 2.24. The minimum absolute atomic E-state index is 0.0531. The summed E-state index contributed by atoms with van der Waals surface area (Å²) in [4.78, 5) is 44.9. The van der Waals surface area contributed by atoms with Crippen LogP contribution in [0.15, 0.2) is 36.4 Å². The highest BCUT2D eigenvalue weighted by atomic mass is 19.1. The highest BCUT2D eigenvalue weighted by molar-refractivity contribution is 6.00. The molecule has 1 unspecified atom stereocenters. The van der Waals surface area contributed by atoms with Crippen LogP contribution in [-0.2, 0) is 9.53 Å². The van der Waals surface area contributed by atoms with Gasteiger partial charge >= 0.3 is 11.7 Å². The SMILES string of the molecule is CC(OC(=O)c1cc([N+](=O)[O-])ccc1NCCO)C(=O)Nc1ccc(F)c([N+](=O)[O-])c1. The average molecular weight is 436 g/mol. The lowest BCUT2D eigenvalue weighted by Crippen LogP contribution is -2.30. The van der Waals surface area contributed by atoms with E-state index < -0.39 is 45.0 Å². The van der Waals surface area contributed by atoms with Crippen LogP contribution in [0, 0.1) is 26.0 Å². The van der Waals surface area contributed by atoms with Crippen molar-refractivity contribution in [3.05, 3.63) is 68.0 Å². The zero-order valence-corrected chi connectivity index (χ0v) is 16.0. The summed E-state index contributed by atoms with van der Waals surface area (Å²) in [5.74, 6) is -3.02. The molecule has 2 aromatic carbocycles. The fourth-order valence-electron chi connectivity index (χ4n) is 2.41. The molecule has 0 heterocycles. The number of nitro groups is 2. The van der Waals surface area contributed by atoms with E-state index in [0.717, 1.165) is 30.3 Å². The van der Waals surface area contributed by atoms with Gasteiger partial charge in [0.25, 0.3) is 11.6 Å². The monoisotopic (exact) mass is 436 g/mol. The summed E-state index contributed by atoms with van der Waals surface area (Å²) >= 11 is 0. The second-order valence-corrected chi connectivity index (χ2v) is 6.10. The number of nitrogens with one attached hydrogen (secondary N) is 2. The lowest BCUT2D eigenvalue weighted by molar-refractivity contribution is -0.387. The largest absolute Gasteiger partial charge is 0.449 e. The third-order valence-corrected chi connectivity index (χ3v) is 3.92. The van der Waals surface area contributed by atoms with Gasteiger partial charge in [-0.3, -0.25) is 25.0 Å². The number of carbonyl (C=O) groups excluding carboxylic acids is 2. The van der Waals surface area contributed by atoms with Gasteiger partial charge in [-0.15, -0.1) is 0 Å². The lowest BCUT2D eigenvalue weighted by Gasteiger charge is -2.15. The van der Waals surface area contributed by atoms with Gasteiger partial charge < -0.3 is 20.5 Å². The van der Waals surface area contributed by atoms with Crippen LogP contribution >= 0.6 is 0 Å². The number of aliphatic hydroxyl groups excluding tert-OH is 1. The molecular formula is C18H17FN4O8. The smallest absolute Gasteiger partial charge is 0.341 e. The third-order valence-electron chi connectivity index (χ3n) is 3.92. The van der Waals surface area contributed by atoms with E-state index in [1.807, 2.05) is 0 Å². The molecule has 2 rings (SSSR count). The number of benzene rings is 2. The number of nitrogens with zero attached hydrogens (tertiary/aromatic N) is 2. The Balaban J connectivity index is 2.16. The number of anilines is 2. The van der Waals surface area contributed by atoms with Gasteiger partial charge in [0.1, 0.15) is 0 Å². The second kappa shape index (κ2) is 10.1. The van der Waals surface area contributed by atoms with E-state index in [9.17, 15) is 34.2 Å². The van der Waals surface area contributed by atoms with Gasteiger partial charge in [0.15, 0.2) is 6.10 Å². The summed E-state index contributed by atoms with van der Waals surface area (Å²) in [7, 11) is 0. The average Bonchev–Trinajstić information content (AvgIpc) is 2.72. The van der Waals surface area contributed by atoms with Crippen molar-refractivity contribution in [3.63, 3.8) is 0 Å². The number of aliphatic hydroxyl groups is 1. The highest BCUT2D eigenvalue weighted by Gasteiger charge is 2.24. The van der Waals surface area contributed by atoms with Crippen molar-refractivity contribution in [2.45, 2.75) is 13.0 Å². The van der Waals surface area contributed by atoms with Crippen molar-refractivity contribution < 1.29 is 33.7 Å². The first kappa shape index (κ1) is 23.2. The summed E-state index contributed by atoms with van der Waals surface area (Å²) < 4.78 is 18.4. The van der Waals surface area contributed by atoms with Gasteiger partial charge in [0.2, 0.25) is 5.82 Å². The van der Waals surface area contributed by atoms with Gasteiger partial charge in [-0.05, 0) is 25.1 Å². The van der Waals surface area contributed by atoms with Crippen LogP contribution in [-0.4, -0.2) is 46.1 Å². The van der Waals surface area contributed by atoms with Crippen LogP contribution in [0.2, 0.25) is 0 Å². The number of hydrogen-bond acceptors (Lipinski definition) is 9. The zero-order valence-electron chi connectivity index (χ0n) is 16.0. The minimum Gasteiger partial charge on any atom is -0.449 e. The Morgan fingerprint density at radius 1 is 1.16 bits per heavy atom. The molecule has 12 nitrogen and oxygen atoms in total. The number of nitro benzene ring substituents is 2. The standard InChI is InChI=1S/C18H17FN4O8/c1-10(17(25)21-11-2-4-14(19)16(8-11)23(29)30)31-18(26)13-9-12(22(27)28)3-5-15(13)20-6-7-24/h2-5,8-10,20,24H,6-7H2,1H3,(H,21,25). The molecule has 1 atom stereocenters. The Morgan fingerprint density at radius 3 is 2.48 bits per heavy atom. The van der Waals surface area contributed by atoms with E-state index in [-0.39, 0.29) is 30.1 Å². The number of non-ortho nitro benzene ring substituents is 1. The summed E-state index contributed by atoms with van der Waals surface area (Å²) in [6.45, 7) is 0.995. The van der Waals surface area contributed by atoms with Crippen LogP contribution in [0.1, 0.15) is 17.3 Å². The first-order valence-electron chi connectivity index (χ1n) is 8.73. The van der Waals surface area contributed by atoms with Crippen LogP contribution in [0.25, 0.3) is 0 Å². The van der Waals surface area contributed by atoms with Crippen molar-refractivity contribution in [2.24, 2.45) is 0 Å². The van der Waals surface area contributed by atoms with Crippen LogP contribution in [0.3, 0.4) is 0 Å². The number of amides is 1. The lowest BCUT2D eigenvalue weighted by atomic mass is 10.1. The molecule has 0 radical (unpaired) electrons. The molecule has 0 spiro atoms. The molecule has 3 N–H and O–H groups in total. The van der Waals surface area contributed by atoms with E-state index in [0.29, 0.717) is 0 Å². The predicted molar refractivity (Wildman–Crippen MR) is 105 cm³/mol. The fraction of sp³-hybridized carbons (Fsp3) is 0.222. The maximum absolute atomic E-state index is 13.4. The third kappa shape index (κ3) is 5.93. The maximum Gasteiger partial charge on any atom is 0.341 e. The van der Waals surface area contributed by atoms with Crippen molar-refractivity contribution in [3.8, 4) is 0 Å². The number of ether oxygens (including phenoxy) is 1. The summed E-state index contributed by atoms with van der Waals surface area (Å²) in [6, 6.07) is 6.05. The molecule has 31 heavy (non-hydrogen) atoms. The van der Waals surface area contributed by atoms with E-state index >= 15 is 0 Å². The fourth-order valence-corrected chi connectivity index (χ4v) is 2.41. The number of esters is 1. The molecule has 0 aromatic heterocycles. The molecule has 0 saturated heterocycles. The molecule has 164 valence electrons. The van der Waals surface area contributed by atoms with E-state index in [2.05, 4.69) is 10.6 Å². The van der Waals surface area contributed by atoms with Crippen LogP contribution in [0.4, 0.5) is 27.1 Å². The second-order valence-electron chi connectivity index (χ2n) is 6.10. The summed E-state index contributed by atoms with van der Waals surface area (Å²) in [5.41, 5.74) is -1.43. The Kier molecular flexibility index (Phi) is 7.52. The molecule has 0 aliphatic carbocycles. The van der Waals surface area contributed by atoms with E-state index in [1.165, 1.54) is 13.0 Å². The van der Waals surface area contributed by atoms with E-state index in [4.69, 9.17) is 9.84 Å². The van der Waals surface area contributed by atoms with Crippen LogP contribution < -0.4 is 10.6 Å². The molecule has 1 amide bonds. The normalized spacial score (nSPS) is 11.3. The van der Waals surface area contributed by atoms with Crippen molar-refractivity contribution in [1.29, 1.82) is 0 Å². The number of hydrogen-bond donors (Lipinski definition) is 3. The quantitative estimate of drug-likeness (QED) is 0.302. The van der Waals surface area contributed by atoms with Gasteiger partial charge in [0, 0.05) is 36.1 Å². The molecule has 0 aliphatic rings. The number of rotatable bonds is 9. The van der Waals surface area contributed by atoms with Gasteiger partial charge in [0.05, 0.1) is 22.0 Å². The number of carbonyl (C=O) groups is 2. The van der Waals surface area contributed by atoms with Gasteiger partial charge in [-0.25, -0.2) is 4.79 Å². The summed E-state index contributed by atoms with van der Waals surface area (Å²) in [5, 5.41) is 35.7. The van der Waals surface area contributed by atoms with Gasteiger partial charge in [-0.1, -0.05) is 0 Å². The Bertz CT molecular complexity index is 1030. The Hall–Kier alpha value is -4.13. The maximum atomic E-state index is 13.4. The number of halogens is 1.